The fraction of sp³-hybridized carbons (Fsp3) is 0.529. The molecular weight excluding hydrogens is 278 g/mol. The molecule has 22 heavy (non-hydrogen) atoms. The predicted molar refractivity (Wildman–Crippen MR) is 86.2 cm³/mol. The molecule has 1 saturated carbocycles. The fourth-order valence-corrected chi connectivity index (χ4v) is 3.15. The molecule has 1 aliphatic rings. The van der Waals surface area contributed by atoms with E-state index in [1.807, 2.05) is 49.1 Å². The van der Waals surface area contributed by atoms with E-state index in [4.69, 9.17) is 5.73 Å². The number of likely N-dealkylation sites (N-methyl/N-ethyl adjacent to an activating group) is 1. The normalized spacial score (nSPS) is 23.0. The van der Waals surface area contributed by atoms with E-state index in [9.17, 15) is 9.59 Å². The summed E-state index contributed by atoms with van der Waals surface area (Å²) in [4.78, 5) is 26.3. The Morgan fingerprint density at radius 2 is 1.91 bits per heavy atom. The third kappa shape index (κ3) is 2.99. The Hall–Kier alpha value is -1.88. The van der Waals surface area contributed by atoms with Crippen LogP contribution in [-0.2, 0) is 15.0 Å². The topological polar surface area (TPSA) is 75.4 Å². The molecule has 1 aromatic rings. The molecule has 120 valence electrons. The maximum atomic E-state index is 13.0. The number of benzene rings is 1. The van der Waals surface area contributed by atoms with Crippen LogP contribution in [0, 0.1) is 5.92 Å². The molecule has 0 saturated heterocycles. The molecule has 1 aromatic carbocycles. The summed E-state index contributed by atoms with van der Waals surface area (Å²) in [5, 5.41) is 2.81. The van der Waals surface area contributed by atoms with Crippen LogP contribution in [0.1, 0.15) is 25.8 Å². The highest BCUT2D eigenvalue weighted by Crippen LogP contribution is 2.55. The third-order valence-corrected chi connectivity index (χ3v) is 4.56. The fourth-order valence-electron chi connectivity index (χ4n) is 3.15. The van der Waals surface area contributed by atoms with Crippen LogP contribution in [0.4, 0.5) is 0 Å². The van der Waals surface area contributed by atoms with Crippen molar-refractivity contribution in [3.05, 3.63) is 35.9 Å². The maximum Gasteiger partial charge on any atom is 0.233 e. The number of carbonyl (C=O) groups excluding carboxylic acids is 2. The van der Waals surface area contributed by atoms with Crippen molar-refractivity contribution in [2.45, 2.75) is 25.7 Å². The Balaban J connectivity index is 2.21. The minimum atomic E-state index is -0.491. The Labute approximate surface area is 131 Å². The molecule has 0 bridgehead atoms. The molecule has 0 heterocycles. The second kappa shape index (κ2) is 6.92. The second-order valence-corrected chi connectivity index (χ2v) is 5.72. The van der Waals surface area contributed by atoms with Gasteiger partial charge in [0.1, 0.15) is 0 Å². The van der Waals surface area contributed by atoms with Crippen LogP contribution in [0.25, 0.3) is 0 Å². The van der Waals surface area contributed by atoms with Gasteiger partial charge in [-0.2, -0.15) is 0 Å². The van der Waals surface area contributed by atoms with Crippen molar-refractivity contribution in [3.8, 4) is 0 Å². The second-order valence-electron chi connectivity index (χ2n) is 5.72. The molecule has 2 rings (SSSR count). The van der Waals surface area contributed by atoms with E-state index in [-0.39, 0.29) is 24.3 Å². The van der Waals surface area contributed by atoms with Gasteiger partial charge >= 0.3 is 0 Å². The van der Waals surface area contributed by atoms with Crippen molar-refractivity contribution in [1.82, 2.24) is 10.2 Å². The highest BCUT2D eigenvalue weighted by Gasteiger charge is 2.61. The maximum absolute atomic E-state index is 13.0. The van der Waals surface area contributed by atoms with Crippen molar-refractivity contribution < 1.29 is 9.59 Å². The minimum absolute atomic E-state index is 0.0188. The van der Waals surface area contributed by atoms with Crippen LogP contribution in [-0.4, -0.2) is 42.9 Å². The number of carbonyl (C=O) groups is 2. The molecule has 5 heteroatoms. The lowest BCUT2D eigenvalue weighted by Gasteiger charge is -2.26. The molecule has 2 atom stereocenters. The van der Waals surface area contributed by atoms with Crippen molar-refractivity contribution >= 4 is 11.8 Å². The zero-order valence-corrected chi connectivity index (χ0v) is 13.3. The quantitative estimate of drug-likeness (QED) is 0.785. The molecule has 0 spiro atoms. The smallest absolute Gasteiger partial charge is 0.233 e. The van der Waals surface area contributed by atoms with Crippen molar-refractivity contribution in [2.75, 3.05) is 26.2 Å². The number of hydrogen-bond donors (Lipinski definition) is 2. The number of nitrogens with one attached hydrogen (secondary N) is 1. The first kappa shape index (κ1) is 16.5. The van der Waals surface area contributed by atoms with E-state index in [1.165, 1.54) is 0 Å². The molecule has 0 aromatic heterocycles. The number of amides is 2. The number of nitrogens with zero attached hydrogens (tertiary/aromatic N) is 1. The van der Waals surface area contributed by atoms with Crippen LogP contribution in [0.15, 0.2) is 30.3 Å². The van der Waals surface area contributed by atoms with E-state index in [0.29, 0.717) is 19.6 Å². The van der Waals surface area contributed by atoms with Crippen LogP contribution < -0.4 is 11.1 Å². The number of rotatable bonds is 7. The summed E-state index contributed by atoms with van der Waals surface area (Å²) in [5.74, 6) is 0.123. The van der Waals surface area contributed by atoms with E-state index >= 15 is 0 Å². The summed E-state index contributed by atoms with van der Waals surface area (Å²) in [6.07, 6.45) is 0.775. The van der Waals surface area contributed by atoms with Gasteiger partial charge in [0.05, 0.1) is 12.0 Å². The highest BCUT2D eigenvalue weighted by atomic mass is 16.2. The lowest BCUT2D eigenvalue weighted by atomic mass is 9.91. The molecule has 5 nitrogen and oxygen atoms in total. The summed E-state index contributed by atoms with van der Waals surface area (Å²) in [6, 6.07) is 9.88. The van der Waals surface area contributed by atoms with Gasteiger partial charge in [-0.15, -0.1) is 0 Å². The van der Waals surface area contributed by atoms with E-state index in [1.54, 1.807) is 0 Å². The van der Waals surface area contributed by atoms with Crippen LogP contribution in [0.2, 0.25) is 0 Å². The van der Waals surface area contributed by atoms with Gasteiger partial charge in [-0.1, -0.05) is 30.3 Å². The molecule has 1 aliphatic carbocycles. The SMILES string of the molecule is CCN(CC)C(=O)[C@]1(c2ccccc2)C[C@@H]1CNC(=O)CN. The first-order valence-electron chi connectivity index (χ1n) is 7.91. The van der Waals surface area contributed by atoms with E-state index in [2.05, 4.69) is 5.32 Å². The summed E-state index contributed by atoms with van der Waals surface area (Å²) in [6.45, 7) is 5.87. The monoisotopic (exact) mass is 303 g/mol. The first-order valence-corrected chi connectivity index (χ1v) is 7.91. The van der Waals surface area contributed by atoms with Crippen molar-refractivity contribution in [3.63, 3.8) is 0 Å². The number of nitrogens with two attached hydrogens (primary N) is 1. The van der Waals surface area contributed by atoms with Gasteiger partial charge < -0.3 is 16.0 Å². The third-order valence-electron chi connectivity index (χ3n) is 4.56. The summed E-state index contributed by atoms with van der Waals surface area (Å²) < 4.78 is 0. The largest absolute Gasteiger partial charge is 0.355 e. The summed E-state index contributed by atoms with van der Waals surface area (Å²) in [7, 11) is 0. The highest BCUT2D eigenvalue weighted by molar-refractivity contribution is 5.92. The average molecular weight is 303 g/mol. The Kier molecular flexibility index (Phi) is 5.19. The molecule has 3 N–H and O–H groups in total. The van der Waals surface area contributed by atoms with Gasteiger partial charge in [0.2, 0.25) is 11.8 Å². The van der Waals surface area contributed by atoms with E-state index < -0.39 is 5.41 Å². The number of hydrogen-bond acceptors (Lipinski definition) is 3. The molecule has 0 aliphatic heterocycles. The molecule has 0 unspecified atom stereocenters. The van der Waals surface area contributed by atoms with Crippen LogP contribution in [0.5, 0.6) is 0 Å². The van der Waals surface area contributed by atoms with Gasteiger partial charge in [-0.25, -0.2) is 0 Å². The van der Waals surface area contributed by atoms with Crippen LogP contribution >= 0.6 is 0 Å². The predicted octanol–water partition coefficient (Wildman–Crippen LogP) is 0.888. The zero-order chi connectivity index (χ0) is 16.2. The standard InChI is InChI=1S/C17H25N3O2/c1-3-20(4-2)16(22)17(13-8-6-5-7-9-13)10-14(17)12-19-15(21)11-18/h5-9,14H,3-4,10-12,18H2,1-2H3,(H,19,21)/t14-,17+/m1/s1. The van der Waals surface area contributed by atoms with Crippen molar-refractivity contribution in [1.29, 1.82) is 0 Å². The van der Waals surface area contributed by atoms with Crippen LogP contribution in [0.3, 0.4) is 0 Å². The Morgan fingerprint density at radius 3 is 2.45 bits per heavy atom. The Morgan fingerprint density at radius 1 is 1.27 bits per heavy atom. The molecule has 1 fully saturated rings. The molecule has 2 amide bonds. The zero-order valence-electron chi connectivity index (χ0n) is 13.3. The Bertz CT molecular complexity index is 528. The van der Waals surface area contributed by atoms with Crippen molar-refractivity contribution in [2.24, 2.45) is 11.7 Å². The first-order chi connectivity index (χ1) is 10.6. The van der Waals surface area contributed by atoms with Gasteiger partial charge in [-0.05, 0) is 31.7 Å². The van der Waals surface area contributed by atoms with Gasteiger partial charge in [-0.3, -0.25) is 9.59 Å². The summed E-state index contributed by atoms with van der Waals surface area (Å²) in [5.41, 5.74) is 5.87. The van der Waals surface area contributed by atoms with Gasteiger partial charge in [0.25, 0.3) is 0 Å². The average Bonchev–Trinajstić information content (AvgIpc) is 3.30. The minimum Gasteiger partial charge on any atom is -0.355 e. The summed E-state index contributed by atoms with van der Waals surface area (Å²) >= 11 is 0. The lowest BCUT2D eigenvalue weighted by Crippen LogP contribution is -2.42. The molecular formula is C17H25N3O2. The van der Waals surface area contributed by atoms with Gasteiger partial charge in [0.15, 0.2) is 0 Å². The van der Waals surface area contributed by atoms with E-state index in [0.717, 1.165) is 12.0 Å². The lowest BCUT2D eigenvalue weighted by molar-refractivity contribution is -0.134. The van der Waals surface area contributed by atoms with Gasteiger partial charge in [0, 0.05) is 19.6 Å². The molecule has 0 radical (unpaired) electrons.